The molecule has 0 radical (unpaired) electrons. The van der Waals surface area contributed by atoms with Crippen molar-refractivity contribution in [2.45, 2.75) is 46.5 Å². The quantitative estimate of drug-likeness (QED) is 0.800. The summed E-state index contributed by atoms with van der Waals surface area (Å²) in [5.41, 5.74) is -0.0106. The van der Waals surface area contributed by atoms with Crippen LogP contribution < -0.4 is 5.32 Å². The lowest BCUT2D eigenvalue weighted by Gasteiger charge is -2.19. The molecule has 1 aromatic heterocycles. The first-order chi connectivity index (χ1) is 7.79. The molecule has 3 nitrogen and oxygen atoms in total. The van der Waals surface area contributed by atoms with Crippen molar-refractivity contribution in [3.8, 4) is 0 Å². The van der Waals surface area contributed by atoms with E-state index in [1.54, 1.807) is 0 Å². The summed E-state index contributed by atoms with van der Waals surface area (Å²) in [4.78, 5) is 7.68. The summed E-state index contributed by atoms with van der Waals surface area (Å²) in [5.74, 6) is 2.60. The van der Waals surface area contributed by atoms with Gasteiger partial charge in [0.15, 0.2) is 0 Å². The molecule has 0 bridgehead atoms. The second-order valence-electron chi connectivity index (χ2n) is 5.84. The molecule has 17 heavy (non-hydrogen) atoms. The van der Waals surface area contributed by atoms with E-state index < -0.39 is 0 Å². The van der Waals surface area contributed by atoms with Gasteiger partial charge in [0.05, 0.1) is 0 Å². The second-order valence-corrected chi connectivity index (χ2v) is 6.26. The van der Waals surface area contributed by atoms with Gasteiger partial charge >= 0.3 is 0 Å². The second kappa shape index (κ2) is 5.63. The third-order valence-electron chi connectivity index (χ3n) is 2.49. The minimum absolute atomic E-state index is 0.0106. The maximum Gasteiger partial charge on any atom is 0.131 e. The number of aromatic nitrogens is 2. The molecule has 0 fully saturated rings. The van der Waals surface area contributed by atoms with Crippen LogP contribution in [0.5, 0.6) is 0 Å². The van der Waals surface area contributed by atoms with E-state index in [0.29, 0.717) is 10.6 Å². The molecule has 2 N–H and O–H groups in total. The molecule has 0 saturated carbocycles. The van der Waals surface area contributed by atoms with E-state index in [1.165, 1.54) is 0 Å². The van der Waals surface area contributed by atoms with Crippen LogP contribution in [0.1, 0.15) is 46.9 Å². The molecule has 0 aliphatic rings. The Morgan fingerprint density at radius 3 is 2.59 bits per heavy atom. The number of H-pyrrole nitrogens is 1. The maximum atomic E-state index is 5.19. The van der Waals surface area contributed by atoms with E-state index in [4.69, 9.17) is 12.2 Å². The largest absolute Gasteiger partial charge is 0.372 e. The van der Waals surface area contributed by atoms with Gasteiger partial charge in [-0.2, -0.15) is 0 Å². The molecule has 0 saturated heterocycles. The lowest BCUT2D eigenvalue weighted by atomic mass is 9.96. The molecule has 1 rings (SSSR count). The van der Waals surface area contributed by atoms with E-state index >= 15 is 0 Å². The Morgan fingerprint density at radius 2 is 2.06 bits per heavy atom. The van der Waals surface area contributed by atoms with Crippen LogP contribution in [-0.2, 0) is 5.41 Å². The molecule has 0 amide bonds. The van der Waals surface area contributed by atoms with Gasteiger partial charge in [0.1, 0.15) is 16.3 Å². The number of aromatic amines is 1. The van der Waals surface area contributed by atoms with Gasteiger partial charge in [-0.15, -0.1) is 0 Å². The minimum Gasteiger partial charge on any atom is -0.372 e. The fraction of sp³-hybridized carbons (Fsp3) is 0.692. The minimum atomic E-state index is -0.0106. The average Bonchev–Trinajstić information content (AvgIpc) is 2.14. The molecule has 1 heterocycles. The van der Waals surface area contributed by atoms with Crippen molar-refractivity contribution < 1.29 is 0 Å². The molecule has 0 aromatic carbocycles. The Kier molecular flexibility index (Phi) is 4.69. The van der Waals surface area contributed by atoms with Crippen molar-refractivity contribution in [1.29, 1.82) is 0 Å². The Hall–Kier alpha value is -0.900. The van der Waals surface area contributed by atoms with Gasteiger partial charge in [0.25, 0.3) is 0 Å². The zero-order chi connectivity index (χ0) is 13.1. The summed E-state index contributed by atoms with van der Waals surface area (Å²) in [6, 6.07) is 1.88. The normalized spacial score (nSPS) is 11.9. The highest BCUT2D eigenvalue weighted by Crippen LogP contribution is 2.19. The molecule has 4 heteroatoms. The lowest BCUT2D eigenvalue weighted by molar-refractivity contribution is 0.544. The molecule has 0 atom stereocenters. The van der Waals surface area contributed by atoms with E-state index in [2.05, 4.69) is 49.9 Å². The van der Waals surface area contributed by atoms with Gasteiger partial charge in [0.2, 0.25) is 0 Å². The topological polar surface area (TPSA) is 40.7 Å². The number of nitrogens with one attached hydrogen (secondary N) is 2. The van der Waals surface area contributed by atoms with Gasteiger partial charge in [-0.25, -0.2) is 4.98 Å². The predicted octanol–water partition coefficient (Wildman–Crippen LogP) is 3.89. The molecule has 0 aliphatic carbocycles. The van der Waals surface area contributed by atoms with Crippen LogP contribution in [0, 0.1) is 10.6 Å². The van der Waals surface area contributed by atoms with Crippen LogP contribution in [0.3, 0.4) is 0 Å². The maximum absolute atomic E-state index is 5.19. The zero-order valence-corrected chi connectivity index (χ0v) is 12.2. The Bertz CT molecular complexity index is 415. The molecule has 0 unspecified atom stereocenters. The molecule has 0 aliphatic heterocycles. The zero-order valence-electron chi connectivity index (χ0n) is 11.4. The number of hydrogen-bond donors (Lipinski definition) is 2. The predicted molar refractivity (Wildman–Crippen MR) is 76.1 cm³/mol. The Labute approximate surface area is 109 Å². The smallest absolute Gasteiger partial charge is 0.131 e. The first-order valence-corrected chi connectivity index (χ1v) is 6.55. The molecule has 1 aromatic rings. The molecular formula is C13H23N3S. The van der Waals surface area contributed by atoms with Crippen molar-refractivity contribution in [3.05, 3.63) is 16.5 Å². The first kappa shape index (κ1) is 14.2. The van der Waals surface area contributed by atoms with Gasteiger partial charge in [0, 0.05) is 18.0 Å². The lowest BCUT2D eigenvalue weighted by Crippen LogP contribution is -2.17. The first-order valence-electron chi connectivity index (χ1n) is 6.15. The number of nitrogens with zero attached hydrogens (tertiary/aromatic N) is 1. The van der Waals surface area contributed by atoms with E-state index in [0.717, 1.165) is 24.6 Å². The molecular weight excluding hydrogens is 230 g/mol. The van der Waals surface area contributed by atoms with Crippen LogP contribution in [0.25, 0.3) is 0 Å². The van der Waals surface area contributed by atoms with Crippen LogP contribution in [0.2, 0.25) is 0 Å². The summed E-state index contributed by atoms with van der Waals surface area (Å²) < 4.78 is 0.640. The monoisotopic (exact) mass is 253 g/mol. The van der Waals surface area contributed by atoms with Crippen molar-refractivity contribution in [1.82, 2.24) is 9.97 Å². The fourth-order valence-electron chi connectivity index (χ4n) is 1.40. The van der Waals surface area contributed by atoms with Crippen LogP contribution in [0.15, 0.2) is 6.07 Å². The highest BCUT2D eigenvalue weighted by Gasteiger charge is 2.16. The highest BCUT2D eigenvalue weighted by molar-refractivity contribution is 7.71. The van der Waals surface area contributed by atoms with Gasteiger partial charge in [-0.05, 0) is 12.3 Å². The third kappa shape index (κ3) is 4.86. The number of hydrogen-bond acceptors (Lipinski definition) is 3. The standard InChI is InChI=1S/C13H23N3S/c1-9(2)6-7-14-10-8-11(17)16-12(15-10)13(3,4)5/h8-9H,6-7H2,1-5H3,(H2,14,15,16,17). The van der Waals surface area contributed by atoms with Crippen LogP contribution in [-0.4, -0.2) is 16.5 Å². The van der Waals surface area contributed by atoms with Gasteiger partial charge in [-0.3, -0.25) is 0 Å². The highest BCUT2D eigenvalue weighted by atomic mass is 32.1. The summed E-state index contributed by atoms with van der Waals surface area (Å²) in [6.45, 7) is 11.8. The number of anilines is 1. The van der Waals surface area contributed by atoms with Crippen molar-refractivity contribution in [3.63, 3.8) is 0 Å². The summed E-state index contributed by atoms with van der Waals surface area (Å²) in [6.07, 6.45) is 1.15. The molecule has 0 spiro atoms. The summed E-state index contributed by atoms with van der Waals surface area (Å²) in [7, 11) is 0. The van der Waals surface area contributed by atoms with E-state index in [1.807, 2.05) is 6.07 Å². The number of rotatable bonds is 4. The summed E-state index contributed by atoms with van der Waals surface area (Å²) >= 11 is 5.19. The van der Waals surface area contributed by atoms with Gasteiger partial charge in [-0.1, -0.05) is 46.8 Å². The Morgan fingerprint density at radius 1 is 1.41 bits per heavy atom. The van der Waals surface area contributed by atoms with E-state index in [-0.39, 0.29) is 5.41 Å². The fourth-order valence-corrected chi connectivity index (χ4v) is 1.61. The summed E-state index contributed by atoms with van der Waals surface area (Å²) in [5, 5.41) is 3.37. The van der Waals surface area contributed by atoms with E-state index in [9.17, 15) is 0 Å². The average molecular weight is 253 g/mol. The molecule has 96 valence electrons. The van der Waals surface area contributed by atoms with Crippen molar-refractivity contribution >= 4 is 18.0 Å². The Balaban J connectivity index is 2.80. The third-order valence-corrected chi connectivity index (χ3v) is 2.70. The van der Waals surface area contributed by atoms with Gasteiger partial charge < -0.3 is 10.3 Å². The van der Waals surface area contributed by atoms with Crippen LogP contribution >= 0.6 is 12.2 Å². The van der Waals surface area contributed by atoms with Crippen molar-refractivity contribution in [2.24, 2.45) is 5.92 Å². The van der Waals surface area contributed by atoms with Crippen LogP contribution in [0.4, 0.5) is 5.82 Å². The SMILES string of the molecule is CC(C)CCNc1cc(=S)nc(C(C)(C)C)[nH]1. The van der Waals surface area contributed by atoms with Crippen molar-refractivity contribution in [2.75, 3.05) is 11.9 Å².